The predicted molar refractivity (Wildman–Crippen MR) is 122 cm³/mol. The van der Waals surface area contributed by atoms with Crippen LogP contribution in [-0.2, 0) is 17.8 Å². The van der Waals surface area contributed by atoms with Gasteiger partial charge in [0.25, 0.3) is 11.5 Å². The Balaban J connectivity index is 1.67. The van der Waals surface area contributed by atoms with Crippen molar-refractivity contribution in [2.75, 3.05) is 7.11 Å². The molecule has 0 atom stereocenters. The molecule has 0 saturated heterocycles. The number of hydrogen-bond acceptors (Lipinski definition) is 5. The van der Waals surface area contributed by atoms with Crippen LogP contribution < -0.4 is 21.1 Å². The Morgan fingerprint density at radius 1 is 1.09 bits per heavy atom. The van der Waals surface area contributed by atoms with Gasteiger partial charge in [0.15, 0.2) is 17.3 Å². The van der Waals surface area contributed by atoms with Gasteiger partial charge in [-0.15, -0.1) is 0 Å². The van der Waals surface area contributed by atoms with Crippen LogP contribution in [0.15, 0.2) is 47.3 Å². The second-order valence-corrected chi connectivity index (χ2v) is 7.60. The van der Waals surface area contributed by atoms with Crippen molar-refractivity contribution in [2.24, 2.45) is 0 Å². The van der Waals surface area contributed by atoms with Gasteiger partial charge in [-0.2, -0.15) is 5.10 Å². The Bertz CT molecular complexity index is 1210. The molecule has 0 bridgehead atoms. The summed E-state index contributed by atoms with van der Waals surface area (Å²) in [5.74, 6) is -1.44. The minimum atomic E-state index is -0.626. The highest BCUT2D eigenvalue weighted by Crippen LogP contribution is 2.18. The third kappa shape index (κ3) is 5.94. The zero-order valence-electron chi connectivity index (χ0n) is 18.7. The molecular formula is C24H27FN4O4. The van der Waals surface area contributed by atoms with Gasteiger partial charge in [0.05, 0.1) is 12.5 Å². The quantitative estimate of drug-likeness (QED) is 0.382. The molecule has 174 valence electrons. The molecule has 0 aliphatic heterocycles. The average molecular weight is 455 g/mol. The van der Waals surface area contributed by atoms with E-state index in [-0.39, 0.29) is 29.8 Å². The van der Waals surface area contributed by atoms with Gasteiger partial charge >= 0.3 is 0 Å². The standard InChI is InChI=1S/C24H27FN4O4/c1-3-4-7-14-29-24(32)18-9-6-5-8-17(18)22(28-29)23(31)27-26-21(30)13-11-16-10-12-20(33-2)19(25)15-16/h5-6,8-10,12,15H,3-4,7,11,13-14H2,1-2H3,(H,26,30)(H,27,31). The van der Waals surface area contributed by atoms with Crippen molar-refractivity contribution in [1.82, 2.24) is 20.6 Å². The minimum Gasteiger partial charge on any atom is -0.494 e. The van der Waals surface area contributed by atoms with Crippen molar-refractivity contribution in [3.8, 4) is 5.75 Å². The van der Waals surface area contributed by atoms with E-state index in [1.165, 1.54) is 23.9 Å². The monoisotopic (exact) mass is 454 g/mol. The van der Waals surface area contributed by atoms with Crippen LogP contribution in [0, 0.1) is 5.82 Å². The summed E-state index contributed by atoms with van der Waals surface area (Å²) in [6.45, 7) is 2.46. The molecule has 9 heteroatoms. The van der Waals surface area contributed by atoms with E-state index in [1.807, 2.05) is 0 Å². The first-order valence-corrected chi connectivity index (χ1v) is 10.9. The van der Waals surface area contributed by atoms with Crippen LogP contribution in [-0.4, -0.2) is 28.7 Å². The van der Waals surface area contributed by atoms with Crippen LogP contribution in [0.5, 0.6) is 5.75 Å². The minimum absolute atomic E-state index is 0.0384. The predicted octanol–water partition coefficient (Wildman–Crippen LogP) is 3.13. The zero-order valence-corrected chi connectivity index (χ0v) is 18.7. The summed E-state index contributed by atoms with van der Waals surface area (Å²) in [5, 5.41) is 5.06. The molecule has 8 nitrogen and oxygen atoms in total. The average Bonchev–Trinajstić information content (AvgIpc) is 2.83. The lowest BCUT2D eigenvalue weighted by Gasteiger charge is -2.12. The number of rotatable bonds is 9. The summed E-state index contributed by atoms with van der Waals surface area (Å²) in [6.07, 6.45) is 3.02. The van der Waals surface area contributed by atoms with Gasteiger partial charge in [-0.05, 0) is 36.6 Å². The zero-order chi connectivity index (χ0) is 23.8. The van der Waals surface area contributed by atoms with Crippen LogP contribution in [0.1, 0.15) is 48.7 Å². The van der Waals surface area contributed by atoms with Crippen LogP contribution in [0.3, 0.4) is 0 Å². The maximum atomic E-state index is 13.8. The molecule has 1 aromatic heterocycles. The molecule has 1 heterocycles. The maximum Gasteiger partial charge on any atom is 0.290 e. The Morgan fingerprint density at radius 2 is 1.85 bits per heavy atom. The fraction of sp³-hybridized carbons (Fsp3) is 0.333. The molecule has 0 radical (unpaired) electrons. The van der Waals surface area contributed by atoms with Crippen LogP contribution in [0.2, 0.25) is 0 Å². The topological polar surface area (TPSA) is 102 Å². The summed E-state index contributed by atoms with van der Waals surface area (Å²) < 4.78 is 20.0. The van der Waals surface area contributed by atoms with Gasteiger partial charge in [0.1, 0.15) is 0 Å². The lowest BCUT2D eigenvalue weighted by Crippen LogP contribution is -2.43. The number of carbonyl (C=O) groups is 2. The normalized spacial score (nSPS) is 10.8. The number of hydrogen-bond donors (Lipinski definition) is 2. The van der Waals surface area contributed by atoms with Gasteiger partial charge in [0.2, 0.25) is 5.91 Å². The number of aromatic nitrogens is 2. The number of benzene rings is 2. The SMILES string of the molecule is CCCCCn1nc(C(=O)NNC(=O)CCc2ccc(OC)c(F)c2)c2ccccc2c1=O. The number of ether oxygens (including phenoxy) is 1. The molecule has 0 aliphatic rings. The van der Waals surface area contributed by atoms with Crippen molar-refractivity contribution in [3.05, 3.63) is 69.9 Å². The number of halogens is 1. The molecule has 0 aliphatic carbocycles. The largest absolute Gasteiger partial charge is 0.494 e. The van der Waals surface area contributed by atoms with Gasteiger partial charge in [-0.3, -0.25) is 25.2 Å². The molecule has 0 saturated carbocycles. The maximum absolute atomic E-state index is 13.8. The fourth-order valence-corrected chi connectivity index (χ4v) is 3.44. The lowest BCUT2D eigenvalue weighted by atomic mass is 10.1. The molecular weight excluding hydrogens is 427 g/mol. The van der Waals surface area contributed by atoms with Crippen LogP contribution in [0.25, 0.3) is 10.8 Å². The number of nitrogens with zero attached hydrogens (tertiary/aromatic N) is 2. The Morgan fingerprint density at radius 3 is 2.55 bits per heavy atom. The summed E-state index contributed by atoms with van der Waals surface area (Å²) in [4.78, 5) is 37.7. The first-order chi connectivity index (χ1) is 15.9. The van der Waals surface area contributed by atoms with E-state index in [2.05, 4.69) is 22.9 Å². The van der Waals surface area contributed by atoms with E-state index in [4.69, 9.17) is 4.74 Å². The van der Waals surface area contributed by atoms with Crippen molar-refractivity contribution < 1.29 is 18.7 Å². The number of unbranched alkanes of at least 4 members (excludes halogenated alkanes) is 2. The van der Waals surface area contributed by atoms with E-state index in [0.717, 1.165) is 19.3 Å². The molecule has 33 heavy (non-hydrogen) atoms. The van der Waals surface area contributed by atoms with Gasteiger partial charge in [-0.1, -0.05) is 44.0 Å². The number of amides is 2. The number of fused-ring (bicyclic) bond motifs is 1. The Hall–Kier alpha value is -3.75. The highest BCUT2D eigenvalue weighted by Gasteiger charge is 2.17. The van der Waals surface area contributed by atoms with E-state index in [1.54, 1.807) is 30.3 Å². The van der Waals surface area contributed by atoms with E-state index < -0.39 is 17.6 Å². The number of aryl methyl sites for hydroxylation is 2. The number of methoxy groups -OCH3 is 1. The second kappa shape index (κ2) is 11.2. The summed E-state index contributed by atoms with van der Waals surface area (Å²) in [7, 11) is 1.38. The molecule has 3 rings (SSSR count). The van der Waals surface area contributed by atoms with E-state index in [9.17, 15) is 18.8 Å². The summed E-state index contributed by atoms with van der Waals surface area (Å²) in [5.41, 5.74) is 5.14. The van der Waals surface area contributed by atoms with E-state index >= 15 is 0 Å². The smallest absolute Gasteiger partial charge is 0.290 e. The third-order valence-electron chi connectivity index (χ3n) is 5.23. The van der Waals surface area contributed by atoms with Crippen molar-refractivity contribution in [1.29, 1.82) is 0 Å². The fourth-order valence-electron chi connectivity index (χ4n) is 3.44. The first-order valence-electron chi connectivity index (χ1n) is 10.9. The molecule has 2 amide bonds. The van der Waals surface area contributed by atoms with Crippen molar-refractivity contribution >= 4 is 22.6 Å². The first kappa shape index (κ1) is 23.9. The highest BCUT2D eigenvalue weighted by molar-refractivity contribution is 6.05. The number of carbonyl (C=O) groups excluding carboxylic acids is 2. The molecule has 3 aromatic rings. The highest BCUT2D eigenvalue weighted by atomic mass is 19.1. The third-order valence-corrected chi connectivity index (χ3v) is 5.23. The molecule has 2 N–H and O–H groups in total. The lowest BCUT2D eigenvalue weighted by molar-refractivity contribution is -0.121. The molecule has 2 aromatic carbocycles. The van der Waals surface area contributed by atoms with Gasteiger partial charge in [0, 0.05) is 18.4 Å². The number of nitrogens with one attached hydrogen (secondary N) is 2. The summed E-state index contributed by atoms with van der Waals surface area (Å²) in [6, 6.07) is 11.2. The molecule has 0 unspecified atom stereocenters. The van der Waals surface area contributed by atoms with E-state index in [0.29, 0.717) is 22.9 Å². The Kier molecular flexibility index (Phi) is 8.12. The van der Waals surface area contributed by atoms with Gasteiger partial charge < -0.3 is 4.74 Å². The molecule has 0 fully saturated rings. The van der Waals surface area contributed by atoms with Crippen molar-refractivity contribution in [3.63, 3.8) is 0 Å². The Labute approximate surface area is 190 Å². The van der Waals surface area contributed by atoms with Crippen LogP contribution >= 0.6 is 0 Å². The van der Waals surface area contributed by atoms with Crippen molar-refractivity contribution in [2.45, 2.75) is 45.6 Å². The van der Waals surface area contributed by atoms with Gasteiger partial charge in [-0.25, -0.2) is 9.07 Å². The second-order valence-electron chi connectivity index (χ2n) is 7.60. The van der Waals surface area contributed by atoms with Crippen LogP contribution in [0.4, 0.5) is 4.39 Å². The summed E-state index contributed by atoms with van der Waals surface area (Å²) >= 11 is 0. The molecule has 0 spiro atoms. The number of hydrazine groups is 1.